The van der Waals surface area contributed by atoms with Gasteiger partial charge in [0.1, 0.15) is 17.2 Å². The number of ether oxygens (including phenoxy) is 3. The molecule has 0 saturated heterocycles. The number of hydrogen-bond donors (Lipinski definition) is 1. The van der Waals surface area contributed by atoms with E-state index in [1.165, 1.54) is 5.56 Å². The van der Waals surface area contributed by atoms with E-state index < -0.39 is 6.10 Å². The fraction of sp³-hybridized carbons (Fsp3) is 0.316. The van der Waals surface area contributed by atoms with Crippen LogP contribution in [-0.4, -0.2) is 26.2 Å². The van der Waals surface area contributed by atoms with Gasteiger partial charge in [-0.05, 0) is 56.2 Å². The van der Waals surface area contributed by atoms with E-state index in [1.54, 1.807) is 39.3 Å². The smallest absolute Gasteiger partial charge is 0.265 e. The summed E-state index contributed by atoms with van der Waals surface area (Å²) in [4.78, 5) is 12.4. The van der Waals surface area contributed by atoms with Gasteiger partial charge in [0.15, 0.2) is 6.10 Å². The Hall–Kier alpha value is -2.69. The Morgan fingerprint density at radius 2 is 1.67 bits per heavy atom. The zero-order valence-corrected chi connectivity index (χ0v) is 14.7. The van der Waals surface area contributed by atoms with E-state index in [4.69, 9.17) is 14.2 Å². The van der Waals surface area contributed by atoms with Crippen molar-refractivity contribution in [1.82, 2.24) is 0 Å². The molecule has 0 fully saturated rings. The Labute approximate surface area is 142 Å². The van der Waals surface area contributed by atoms with Gasteiger partial charge in [0.05, 0.1) is 19.9 Å². The third-order valence-electron chi connectivity index (χ3n) is 3.82. The Morgan fingerprint density at radius 1 is 0.958 bits per heavy atom. The van der Waals surface area contributed by atoms with E-state index in [1.807, 2.05) is 32.0 Å². The first-order chi connectivity index (χ1) is 11.4. The van der Waals surface area contributed by atoms with Gasteiger partial charge in [-0.2, -0.15) is 0 Å². The lowest BCUT2D eigenvalue weighted by molar-refractivity contribution is -0.122. The molecule has 1 unspecified atom stereocenters. The van der Waals surface area contributed by atoms with Crippen LogP contribution in [0.1, 0.15) is 18.1 Å². The van der Waals surface area contributed by atoms with Gasteiger partial charge in [-0.3, -0.25) is 4.79 Å². The second kappa shape index (κ2) is 7.73. The van der Waals surface area contributed by atoms with Crippen molar-refractivity contribution in [2.45, 2.75) is 26.9 Å². The largest absolute Gasteiger partial charge is 0.497 e. The van der Waals surface area contributed by atoms with Crippen LogP contribution in [0.15, 0.2) is 36.4 Å². The molecule has 0 bridgehead atoms. The highest BCUT2D eigenvalue weighted by molar-refractivity contribution is 5.95. The SMILES string of the molecule is COc1ccc(OC)c(NC(=O)C(C)Oc2ccc(C)c(C)c2)c1. The fourth-order valence-corrected chi connectivity index (χ4v) is 2.19. The van der Waals surface area contributed by atoms with Gasteiger partial charge in [0, 0.05) is 6.07 Å². The topological polar surface area (TPSA) is 56.8 Å². The van der Waals surface area contributed by atoms with Crippen LogP contribution in [0.25, 0.3) is 0 Å². The fourth-order valence-electron chi connectivity index (χ4n) is 2.19. The molecule has 5 nitrogen and oxygen atoms in total. The van der Waals surface area contributed by atoms with E-state index in [0.29, 0.717) is 22.9 Å². The summed E-state index contributed by atoms with van der Waals surface area (Å²) in [6, 6.07) is 11.0. The summed E-state index contributed by atoms with van der Waals surface area (Å²) >= 11 is 0. The van der Waals surface area contributed by atoms with Crippen LogP contribution < -0.4 is 19.5 Å². The molecule has 2 rings (SSSR count). The second-order valence-corrected chi connectivity index (χ2v) is 5.56. The number of hydrogen-bond acceptors (Lipinski definition) is 4. The number of rotatable bonds is 6. The molecule has 2 aromatic rings. The van der Waals surface area contributed by atoms with E-state index >= 15 is 0 Å². The molecular weight excluding hydrogens is 306 g/mol. The summed E-state index contributed by atoms with van der Waals surface area (Å²) in [5.74, 6) is 1.59. The van der Waals surface area contributed by atoms with Crippen molar-refractivity contribution in [2.75, 3.05) is 19.5 Å². The number of amides is 1. The highest BCUT2D eigenvalue weighted by Gasteiger charge is 2.17. The van der Waals surface area contributed by atoms with E-state index in [2.05, 4.69) is 5.32 Å². The van der Waals surface area contributed by atoms with Crippen LogP contribution in [0, 0.1) is 13.8 Å². The number of carbonyl (C=O) groups is 1. The standard InChI is InChI=1S/C19H23NO4/c1-12-6-7-16(10-13(12)2)24-14(3)19(21)20-17-11-15(22-4)8-9-18(17)23-5/h6-11,14H,1-5H3,(H,20,21). The lowest BCUT2D eigenvalue weighted by Crippen LogP contribution is -2.30. The molecule has 1 N–H and O–H groups in total. The molecule has 0 heterocycles. The molecule has 0 radical (unpaired) electrons. The van der Waals surface area contributed by atoms with Crippen LogP contribution in [0.5, 0.6) is 17.2 Å². The second-order valence-electron chi connectivity index (χ2n) is 5.56. The number of aryl methyl sites for hydroxylation is 2. The maximum atomic E-state index is 12.4. The van der Waals surface area contributed by atoms with Gasteiger partial charge in [-0.15, -0.1) is 0 Å². The zero-order chi connectivity index (χ0) is 17.7. The van der Waals surface area contributed by atoms with Gasteiger partial charge in [0.2, 0.25) is 0 Å². The number of carbonyl (C=O) groups excluding carboxylic acids is 1. The van der Waals surface area contributed by atoms with Gasteiger partial charge in [0.25, 0.3) is 5.91 Å². The van der Waals surface area contributed by atoms with E-state index in [9.17, 15) is 4.79 Å². The number of anilines is 1. The third-order valence-corrected chi connectivity index (χ3v) is 3.82. The molecule has 1 atom stereocenters. The number of benzene rings is 2. The first-order valence-corrected chi connectivity index (χ1v) is 7.71. The minimum Gasteiger partial charge on any atom is -0.497 e. The average molecular weight is 329 g/mol. The summed E-state index contributed by atoms with van der Waals surface area (Å²) in [6.45, 7) is 5.75. The first kappa shape index (κ1) is 17.7. The van der Waals surface area contributed by atoms with Crippen molar-refractivity contribution in [1.29, 1.82) is 0 Å². The zero-order valence-electron chi connectivity index (χ0n) is 14.7. The molecule has 0 aliphatic rings. The molecule has 0 saturated carbocycles. The van der Waals surface area contributed by atoms with Gasteiger partial charge in [-0.25, -0.2) is 0 Å². The van der Waals surface area contributed by atoms with Crippen LogP contribution in [0.4, 0.5) is 5.69 Å². The van der Waals surface area contributed by atoms with Gasteiger partial charge < -0.3 is 19.5 Å². The minimum absolute atomic E-state index is 0.264. The Balaban J connectivity index is 2.09. The lowest BCUT2D eigenvalue weighted by Gasteiger charge is -2.17. The monoisotopic (exact) mass is 329 g/mol. The molecule has 0 aliphatic carbocycles. The Bertz CT molecular complexity index is 727. The number of methoxy groups -OCH3 is 2. The molecule has 0 aromatic heterocycles. The summed E-state index contributed by atoms with van der Waals surface area (Å²) in [5.41, 5.74) is 2.84. The predicted octanol–water partition coefficient (Wildman–Crippen LogP) is 3.73. The highest BCUT2D eigenvalue weighted by atomic mass is 16.5. The summed E-state index contributed by atoms with van der Waals surface area (Å²) in [5, 5.41) is 2.81. The van der Waals surface area contributed by atoms with Crippen LogP contribution >= 0.6 is 0 Å². The van der Waals surface area contributed by atoms with Crippen LogP contribution in [0.3, 0.4) is 0 Å². The van der Waals surface area contributed by atoms with Crippen molar-refractivity contribution in [2.24, 2.45) is 0 Å². The molecular formula is C19H23NO4. The summed E-state index contributed by atoms with van der Waals surface area (Å²) in [6.07, 6.45) is -0.650. The molecule has 0 spiro atoms. The van der Waals surface area contributed by atoms with Crippen molar-refractivity contribution < 1.29 is 19.0 Å². The Morgan fingerprint density at radius 3 is 2.29 bits per heavy atom. The van der Waals surface area contributed by atoms with Crippen molar-refractivity contribution >= 4 is 11.6 Å². The van der Waals surface area contributed by atoms with Gasteiger partial charge in [-0.1, -0.05) is 6.07 Å². The first-order valence-electron chi connectivity index (χ1n) is 7.71. The van der Waals surface area contributed by atoms with E-state index in [0.717, 1.165) is 5.56 Å². The molecule has 5 heteroatoms. The normalized spacial score (nSPS) is 11.5. The summed E-state index contributed by atoms with van der Waals surface area (Å²) < 4.78 is 16.2. The maximum absolute atomic E-state index is 12.4. The Kier molecular flexibility index (Phi) is 5.68. The molecule has 128 valence electrons. The maximum Gasteiger partial charge on any atom is 0.265 e. The highest BCUT2D eigenvalue weighted by Crippen LogP contribution is 2.29. The van der Waals surface area contributed by atoms with Gasteiger partial charge >= 0.3 is 0 Å². The number of nitrogens with one attached hydrogen (secondary N) is 1. The molecule has 0 aliphatic heterocycles. The van der Waals surface area contributed by atoms with E-state index in [-0.39, 0.29) is 5.91 Å². The van der Waals surface area contributed by atoms with Crippen molar-refractivity contribution in [3.8, 4) is 17.2 Å². The third kappa shape index (κ3) is 4.19. The lowest BCUT2D eigenvalue weighted by atomic mass is 10.1. The molecule has 2 aromatic carbocycles. The van der Waals surface area contributed by atoms with Crippen molar-refractivity contribution in [3.05, 3.63) is 47.5 Å². The molecule has 24 heavy (non-hydrogen) atoms. The average Bonchev–Trinajstić information content (AvgIpc) is 2.58. The molecule has 1 amide bonds. The van der Waals surface area contributed by atoms with Crippen LogP contribution in [-0.2, 0) is 4.79 Å². The predicted molar refractivity (Wildman–Crippen MR) is 94.2 cm³/mol. The minimum atomic E-state index is -0.650. The van der Waals surface area contributed by atoms with Crippen molar-refractivity contribution in [3.63, 3.8) is 0 Å². The van der Waals surface area contributed by atoms with Crippen LogP contribution in [0.2, 0.25) is 0 Å². The quantitative estimate of drug-likeness (QED) is 0.877. The summed E-state index contributed by atoms with van der Waals surface area (Å²) in [7, 11) is 3.12.